The molecule has 0 bridgehead atoms. The molecular weight excluding hydrogens is 222 g/mol. The monoisotopic (exact) mass is 253 g/mol. The van der Waals surface area contributed by atoms with Crippen molar-refractivity contribution in [3.05, 3.63) is 11.6 Å². The molecule has 0 saturated carbocycles. The molecule has 0 heterocycles. The average molecular weight is 253 g/mol. The first kappa shape index (κ1) is 15.7. The zero-order chi connectivity index (χ0) is 13.2. The van der Waals surface area contributed by atoms with Crippen LogP contribution < -0.4 is 11.3 Å². The fourth-order valence-electron chi connectivity index (χ4n) is 2.76. The van der Waals surface area contributed by atoms with Crippen LogP contribution in [0.4, 0.5) is 0 Å². The van der Waals surface area contributed by atoms with Gasteiger partial charge in [-0.05, 0) is 51.7 Å². The maximum atomic E-state index is 5.75. The van der Waals surface area contributed by atoms with E-state index in [1.165, 1.54) is 38.5 Å². The average Bonchev–Trinajstić information content (AvgIpc) is 2.36. The number of hydrogen-bond acceptors (Lipinski definition) is 3. The Morgan fingerprint density at radius 3 is 2.61 bits per heavy atom. The van der Waals surface area contributed by atoms with E-state index in [9.17, 15) is 0 Å². The van der Waals surface area contributed by atoms with Gasteiger partial charge in [0.2, 0.25) is 0 Å². The van der Waals surface area contributed by atoms with Crippen LogP contribution in [-0.4, -0.2) is 30.6 Å². The van der Waals surface area contributed by atoms with Gasteiger partial charge in [0, 0.05) is 6.04 Å². The summed E-state index contributed by atoms with van der Waals surface area (Å²) in [4.78, 5) is 2.47. The molecule has 1 aliphatic rings. The summed E-state index contributed by atoms with van der Waals surface area (Å²) in [5.41, 5.74) is 4.57. The van der Waals surface area contributed by atoms with Crippen LogP contribution in [0.2, 0.25) is 0 Å². The lowest BCUT2D eigenvalue weighted by Gasteiger charge is -2.25. The highest BCUT2D eigenvalue weighted by molar-refractivity contribution is 5.11. The van der Waals surface area contributed by atoms with Gasteiger partial charge in [0.1, 0.15) is 0 Å². The van der Waals surface area contributed by atoms with E-state index in [-0.39, 0.29) is 0 Å². The van der Waals surface area contributed by atoms with Gasteiger partial charge < -0.3 is 4.90 Å². The Hall–Kier alpha value is -0.380. The van der Waals surface area contributed by atoms with Crippen molar-refractivity contribution in [3.8, 4) is 0 Å². The number of nitrogens with zero attached hydrogens (tertiary/aromatic N) is 1. The van der Waals surface area contributed by atoms with Crippen molar-refractivity contribution in [2.24, 2.45) is 5.84 Å². The minimum atomic E-state index is 0.378. The molecule has 1 aliphatic carbocycles. The maximum Gasteiger partial charge on any atom is 0.0431 e. The van der Waals surface area contributed by atoms with E-state index in [1.54, 1.807) is 5.57 Å². The van der Waals surface area contributed by atoms with E-state index >= 15 is 0 Å². The molecule has 0 spiro atoms. The zero-order valence-electron chi connectivity index (χ0n) is 12.3. The van der Waals surface area contributed by atoms with Crippen LogP contribution in [0.5, 0.6) is 0 Å². The predicted molar refractivity (Wildman–Crippen MR) is 79.3 cm³/mol. The Morgan fingerprint density at radius 1 is 1.22 bits per heavy atom. The minimum absolute atomic E-state index is 0.378. The Morgan fingerprint density at radius 2 is 1.94 bits per heavy atom. The summed E-state index contributed by atoms with van der Waals surface area (Å²) in [5, 5.41) is 0. The quantitative estimate of drug-likeness (QED) is 0.416. The van der Waals surface area contributed by atoms with Crippen LogP contribution >= 0.6 is 0 Å². The topological polar surface area (TPSA) is 41.3 Å². The van der Waals surface area contributed by atoms with Gasteiger partial charge in [0.25, 0.3) is 0 Å². The van der Waals surface area contributed by atoms with Crippen molar-refractivity contribution in [1.29, 1.82) is 0 Å². The van der Waals surface area contributed by atoms with Gasteiger partial charge >= 0.3 is 0 Å². The smallest absolute Gasteiger partial charge is 0.0431 e. The maximum absolute atomic E-state index is 5.75. The van der Waals surface area contributed by atoms with E-state index in [0.717, 1.165) is 26.1 Å². The van der Waals surface area contributed by atoms with Gasteiger partial charge in [-0.25, -0.2) is 0 Å². The number of nitrogens with two attached hydrogens (primary N) is 1. The standard InChI is InChI=1S/C15H31N3/c1-3-18(4-2)13-12-15(17-16)14-10-8-6-5-7-9-11-14/h10,15,17H,3-9,11-13,16H2,1-2H3. The summed E-state index contributed by atoms with van der Waals surface area (Å²) >= 11 is 0. The highest BCUT2D eigenvalue weighted by Gasteiger charge is 2.14. The molecule has 0 aromatic carbocycles. The molecule has 1 unspecified atom stereocenters. The van der Waals surface area contributed by atoms with Gasteiger partial charge in [-0.1, -0.05) is 38.3 Å². The summed E-state index contributed by atoms with van der Waals surface area (Å²) in [7, 11) is 0. The molecule has 1 atom stereocenters. The van der Waals surface area contributed by atoms with E-state index in [4.69, 9.17) is 5.84 Å². The zero-order valence-corrected chi connectivity index (χ0v) is 12.3. The molecule has 1 rings (SSSR count). The van der Waals surface area contributed by atoms with Crippen molar-refractivity contribution in [2.45, 2.75) is 64.8 Å². The molecule has 3 heteroatoms. The van der Waals surface area contributed by atoms with Gasteiger partial charge in [-0.15, -0.1) is 0 Å². The lowest BCUT2D eigenvalue weighted by molar-refractivity contribution is 0.286. The van der Waals surface area contributed by atoms with E-state index in [1.807, 2.05) is 0 Å². The van der Waals surface area contributed by atoms with Crippen molar-refractivity contribution in [1.82, 2.24) is 10.3 Å². The third-order valence-corrected chi connectivity index (χ3v) is 4.10. The first-order chi connectivity index (χ1) is 8.81. The fraction of sp³-hybridized carbons (Fsp3) is 0.867. The molecule has 3 nitrogen and oxygen atoms in total. The SMILES string of the molecule is CCN(CC)CCC(NN)C1=CCCCCCC1. The van der Waals surface area contributed by atoms with Crippen molar-refractivity contribution in [3.63, 3.8) is 0 Å². The van der Waals surface area contributed by atoms with Crippen LogP contribution in [0.15, 0.2) is 11.6 Å². The molecule has 18 heavy (non-hydrogen) atoms. The largest absolute Gasteiger partial charge is 0.304 e. The lowest BCUT2D eigenvalue weighted by Crippen LogP contribution is -2.39. The van der Waals surface area contributed by atoms with Crippen LogP contribution in [0.1, 0.15) is 58.8 Å². The highest BCUT2D eigenvalue weighted by Crippen LogP contribution is 2.20. The summed E-state index contributed by atoms with van der Waals surface area (Å²) < 4.78 is 0. The van der Waals surface area contributed by atoms with E-state index in [0.29, 0.717) is 6.04 Å². The number of rotatable bonds is 7. The Balaban J connectivity index is 2.47. The first-order valence-corrected chi connectivity index (χ1v) is 7.69. The second kappa shape index (κ2) is 9.54. The Bertz CT molecular complexity index is 234. The molecule has 3 N–H and O–H groups in total. The Labute approximate surface area is 113 Å². The van der Waals surface area contributed by atoms with Crippen molar-refractivity contribution >= 4 is 0 Å². The lowest BCUT2D eigenvalue weighted by atomic mass is 9.93. The van der Waals surface area contributed by atoms with Crippen molar-refractivity contribution < 1.29 is 0 Å². The van der Waals surface area contributed by atoms with Gasteiger partial charge in [0.05, 0.1) is 0 Å². The Kier molecular flexibility index (Phi) is 8.31. The number of hydrazine groups is 1. The second-order valence-corrected chi connectivity index (χ2v) is 5.27. The van der Waals surface area contributed by atoms with Crippen LogP contribution in [0, 0.1) is 0 Å². The number of hydrogen-bond donors (Lipinski definition) is 2. The molecule has 0 radical (unpaired) electrons. The minimum Gasteiger partial charge on any atom is -0.304 e. The second-order valence-electron chi connectivity index (χ2n) is 5.27. The van der Waals surface area contributed by atoms with Crippen LogP contribution in [-0.2, 0) is 0 Å². The van der Waals surface area contributed by atoms with Crippen molar-refractivity contribution in [2.75, 3.05) is 19.6 Å². The highest BCUT2D eigenvalue weighted by atomic mass is 15.2. The normalized spacial score (nSPS) is 19.2. The summed E-state index contributed by atoms with van der Waals surface area (Å²) in [6.45, 7) is 7.85. The molecule has 0 aliphatic heterocycles. The first-order valence-electron chi connectivity index (χ1n) is 7.69. The van der Waals surface area contributed by atoms with Crippen LogP contribution in [0.3, 0.4) is 0 Å². The summed E-state index contributed by atoms with van der Waals surface area (Å²) in [6.07, 6.45) is 11.5. The summed E-state index contributed by atoms with van der Waals surface area (Å²) in [6, 6.07) is 0.378. The molecular formula is C15H31N3. The predicted octanol–water partition coefficient (Wildman–Crippen LogP) is 2.83. The van der Waals surface area contributed by atoms with Gasteiger partial charge in [-0.3, -0.25) is 11.3 Å². The number of nitrogens with one attached hydrogen (secondary N) is 1. The molecule has 0 fully saturated rings. The fourth-order valence-corrected chi connectivity index (χ4v) is 2.76. The molecule has 0 saturated heterocycles. The van der Waals surface area contributed by atoms with E-state index in [2.05, 4.69) is 30.2 Å². The molecule has 106 valence electrons. The molecule has 0 aromatic heterocycles. The van der Waals surface area contributed by atoms with Crippen LogP contribution in [0.25, 0.3) is 0 Å². The third-order valence-electron chi connectivity index (χ3n) is 4.10. The third kappa shape index (κ3) is 5.51. The number of allylic oxidation sites excluding steroid dienone is 1. The van der Waals surface area contributed by atoms with Gasteiger partial charge in [0.15, 0.2) is 0 Å². The molecule has 0 aromatic rings. The van der Waals surface area contributed by atoms with E-state index < -0.39 is 0 Å². The van der Waals surface area contributed by atoms with Gasteiger partial charge in [-0.2, -0.15) is 0 Å². The summed E-state index contributed by atoms with van der Waals surface area (Å²) in [5.74, 6) is 5.75. The molecule has 0 amide bonds.